The minimum absolute atomic E-state index is 0.246. The third kappa shape index (κ3) is 3.62. The molecule has 2 aliphatic rings. The summed E-state index contributed by atoms with van der Waals surface area (Å²) in [5, 5.41) is 0. The summed E-state index contributed by atoms with van der Waals surface area (Å²) < 4.78 is 0. The van der Waals surface area contributed by atoms with Crippen LogP contribution in [-0.4, -0.2) is 16.5 Å². The van der Waals surface area contributed by atoms with Crippen LogP contribution in [0.15, 0.2) is 47.6 Å². The normalized spacial score (nSPS) is 17.8. The first-order valence-corrected chi connectivity index (χ1v) is 9.80. The van der Waals surface area contributed by atoms with E-state index >= 15 is 0 Å². The molecule has 0 radical (unpaired) electrons. The third-order valence-corrected chi connectivity index (χ3v) is 5.76. The van der Waals surface area contributed by atoms with E-state index in [9.17, 15) is 4.79 Å². The fourth-order valence-corrected chi connectivity index (χ4v) is 4.32. The second-order valence-electron chi connectivity index (χ2n) is 7.75. The Morgan fingerprint density at radius 1 is 1.19 bits per heavy atom. The third-order valence-electron chi connectivity index (χ3n) is 5.76. The van der Waals surface area contributed by atoms with E-state index in [2.05, 4.69) is 30.1 Å². The van der Waals surface area contributed by atoms with Gasteiger partial charge in [-0.15, -0.1) is 0 Å². The highest BCUT2D eigenvalue weighted by Crippen LogP contribution is 2.33. The Kier molecular flexibility index (Phi) is 4.96. The number of rotatable bonds is 6. The van der Waals surface area contributed by atoms with Gasteiger partial charge in [0.15, 0.2) is 0 Å². The van der Waals surface area contributed by atoms with E-state index in [1.165, 1.54) is 48.1 Å². The Bertz CT molecular complexity index is 819. The number of fused-ring (bicyclic) bond motifs is 1. The summed E-state index contributed by atoms with van der Waals surface area (Å²) in [5.41, 5.74) is 5.85. The van der Waals surface area contributed by atoms with E-state index < -0.39 is 0 Å². The summed E-state index contributed by atoms with van der Waals surface area (Å²) in [6.07, 6.45) is 8.10. The van der Waals surface area contributed by atoms with Crippen molar-refractivity contribution in [2.45, 2.75) is 57.9 Å². The molecule has 0 amide bonds. The van der Waals surface area contributed by atoms with Gasteiger partial charge in [-0.3, -0.25) is 14.8 Å². The van der Waals surface area contributed by atoms with Gasteiger partial charge in [0.1, 0.15) is 5.78 Å². The van der Waals surface area contributed by atoms with E-state index in [-0.39, 0.29) is 11.7 Å². The predicted octanol–water partition coefficient (Wildman–Crippen LogP) is 4.88. The summed E-state index contributed by atoms with van der Waals surface area (Å²) in [7, 11) is 0. The summed E-state index contributed by atoms with van der Waals surface area (Å²) in [6, 6.07) is 12.3. The first kappa shape index (κ1) is 17.1. The van der Waals surface area contributed by atoms with Crippen LogP contribution in [-0.2, 0) is 17.8 Å². The van der Waals surface area contributed by atoms with Gasteiger partial charge in [-0.1, -0.05) is 50.1 Å². The zero-order valence-electron chi connectivity index (χ0n) is 15.4. The number of carbonyl (C=O) groups excluding carboxylic acids is 1. The van der Waals surface area contributed by atoms with Crippen LogP contribution in [0, 0.1) is 5.92 Å². The van der Waals surface area contributed by atoms with Crippen LogP contribution >= 0.6 is 0 Å². The molecule has 3 nitrogen and oxygen atoms in total. The molecule has 4 rings (SSSR count). The lowest BCUT2D eigenvalue weighted by Gasteiger charge is -2.12. The molecule has 0 spiro atoms. The van der Waals surface area contributed by atoms with Crippen LogP contribution in [0.2, 0.25) is 0 Å². The standard InChI is InChI=1S/C23H26N2O/c1-16(17-7-3-2-4-8-17)11-21(26)13-20-12-19-14-25-23(22(19)15-24-20)18-9-5-6-10-18/h2-4,7-8,12,15-16,18H,5-6,9-11,13-14H2,1H3/t16-/m0/s1. The maximum absolute atomic E-state index is 12.5. The maximum Gasteiger partial charge on any atom is 0.139 e. The molecule has 0 unspecified atom stereocenters. The van der Waals surface area contributed by atoms with E-state index in [1.54, 1.807) is 0 Å². The lowest BCUT2D eigenvalue weighted by molar-refractivity contribution is -0.118. The molecule has 1 saturated carbocycles. The molecular formula is C23H26N2O. The van der Waals surface area contributed by atoms with Gasteiger partial charge in [0.2, 0.25) is 0 Å². The molecule has 26 heavy (non-hydrogen) atoms. The van der Waals surface area contributed by atoms with E-state index in [4.69, 9.17) is 4.99 Å². The first-order chi connectivity index (χ1) is 12.7. The summed E-state index contributed by atoms with van der Waals surface area (Å²) >= 11 is 0. The number of benzene rings is 1. The Balaban J connectivity index is 1.40. The fourth-order valence-electron chi connectivity index (χ4n) is 4.32. The molecule has 3 heteroatoms. The van der Waals surface area contributed by atoms with Gasteiger partial charge in [-0.05, 0) is 36.0 Å². The van der Waals surface area contributed by atoms with Crippen molar-refractivity contribution in [3.05, 3.63) is 65.0 Å². The predicted molar refractivity (Wildman–Crippen MR) is 105 cm³/mol. The highest BCUT2D eigenvalue weighted by Gasteiger charge is 2.27. The average Bonchev–Trinajstić information content (AvgIpc) is 3.31. The van der Waals surface area contributed by atoms with Crippen molar-refractivity contribution in [3.8, 4) is 0 Å². The molecule has 2 heterocycles. The average molecular weight is 346 g/mol. The number of Topliss-reactive ketones (excluding diaryl/α,β-unsaturated/α-hetero) is 1. The number of aliphatic imine (C=N–C) groups is 1. The molecule has 0 N–H and O–H groups in total. The molecule has 134 valence electrons. The van der Waals surface area contributed by atoms with Crippen LogP contribution in [0.1, 0.15) is 67.3 Å². The Morgan fingerprint density at radius 2 is 1.96 bits per heavy atom. The van der Waals surface area contributed by atoms with Gasteiger partial charge >= 0.3 is 0 Å². The zero-order valence-corrected chi connectivity index (χ0v) is 15.4. The van der Waals surface area contributed by atoms with Crippen LogP contribution in [0.5, 0.6) is 0 Å². The first-order valence-electron chi connectivity index (χ1n) is 9.80. The summed E-state index contributed by atoms with van der Waals surface area (Å²) in [4.78, 5) is 21.9. The highest BCUT2D eigenvalue weighted by atomic mass is 16.1. The molecule has 2 aromatic rings. The smallest absolute Gasteiger partial charge is 0.139 e. The molecule has 1 fully saturated rings. The Labute approximate surface area is 155 Å². The van der Waals surface area contributed by atoms with Crippen LogP contribution in [0.25, 0.3) is 0 Å². The van der Waals surface area contributed by atoms with Gasteiger partial charge in [0.05, 0.1) is 6.54 Å². The number of hydrogen-bond acceptors (Lipinski definition) is 3. The number of aromatic nitrogens is 1. The number of carbonyl (C=O) groups is 1. The minimum atomic E-state index is 0.246. The Hall–Kier alpha value is -2.29. The largest absolute Gasteiger partial charge is 0.299 e. The molecular weight excluding hydrogens is 320 g/mol. The van der Waals surface area contributed by atoms with Crippen molar-refractivity contribution in [1.82, 2.24) is 4.98 Å². The van der Waals surface area contributed by atoms with Gasteiger partial charge < -0.3 is 0 Å². The molecule has 0 saturated heterocycles. The number of pyridine rings is 1. The van der Waals surface area contributed by atoms with Gasteiger partial charge in [-0.2, -0.15) is 0 Å². The highest BCUT2D eigenvalue weighted by molar-refractivity contribution is 6.05. The zero-order chi connectivity index (χ0) is 17.9. The maximum atomic E-state index is 12.5. The molecule has 1 aliphatic heterocycles. The number of hydrogen-bond donors (Lipinski definition) is 0. The van der Waals surface area contributed by atoms with Crippen molar-refractivity contribution in [1.29, 1.82) is 0 Å². The Morgan fingerprint density at radius 3 is 2.73 bits per heavy atom. The topological polar surface area (TPSA) is 42.3 Å². The quantitative estimate of drug-likeness (QED) is 0.748. The van der Waals surface area contributed by atoms with Crippen molar-refractivity contribution in [2.24, 2.45) is 10.9 Å². The van der Waals surface area contributed by atoms with Crippen molar-refractivity contribution < 1.29 is 4.79 Å². The molecule has 0 bridgehead atoms. The van der Waals surface area contributed by atoms with Gasteiger partial charge in [0, 0.05) is 41.9 Å². The SMILES string of the molecule is C[C@@H](CC(=O)Cc1cc2c(cn1)C(C1CCCC1)=NC2)c1ccccc1. The summed E-state index contributed by atoms with van der Waals surface area (Å²) in [5.74, 6) is 1.12. The second-order valence-corrected chi connectivity index (χ2v) is 7.75. The van der Waals surface area contributed by atoms with E-state index in [1.807, 2.05) is 24.4 Å². The molecule has 1 atom stereocenters. The van der Waals surface area contributed by atoms with Crippen molar-refractivity contribution in [3.63, 3.8) is 0 Å². The lowest BCUT2D eigenvalue weighted by atomic mass is 9.93. The fraction of sp³-hybridized carbons (Fsp3) is 0.435. The number of nitrogens with zero attached hydrogens (tertiary/aromatic N) is 2. The van der Waals surface area contributed by atoms with Crippen LogP contribution in [0.4, 0.5) is 0 Å². The molecule has 1 aromatic carbocycles. The molecule has 1 aliphatic carbocycles. The summed E-state index contributed by atoms with van der Waals surface area (Å²) in [6.45, 7) is 2.87. The number of ketones is 1. The monoisotopic (exact) mass is 346 g/mol. The second kappa shape index (κ2) is 7.53. The van der Waals surface area contributed by atoms with Gasteiger partial charge in [0.25, 0.3) is 0 Å². The van der Waals surface area contributed by atoms with Crippen molar-refractivity contribution in [2.75, 3.05) is 0 Å². The van der Waals surface area contributed by atoms with E-state index in [0.29, 0.717) is 18.8 Å². The van der Waals surface area contributed by atoms with Crippen molar-refractivity contribution >= 4 is 11.5 Å². The molecule has 1 aromatic heterocycles. The lowest BCUT2D eigenvalue weighted by Crippen LogP contribution is -2.12. The van der Waals surface area contributed by atoms with Crippen LogP contribution < -0.4 is 0 Å². The van der Waals surface area contributed by atoms with Gasteiger partial charge in [-0.25, -0.2) is 0 Å². The minimum Gasteiger partial charge on any atom is -0.299 e. The van der Waals surface area contributed by atoms with E-state index in [0.717, 1.165) is 12.2 Å². The van der Waals surface area contributed by atoms with Crippen LogP contribution in [0.3, 0.4) is 0 Å².